The lowest BCUT2D eigenvalue weighted by Crippen LogP contribution is -2.10. The third-order valence-electron chi connectivity index (χ3n) is 19.6. The van der Waals surface area contributed by atoms with Crippen LogP contribution in [0.4, 0.5) is 34.1 Å². The minimum absolute atomic E-state index is 0.859. The van der Waals surface area contributed by atoms with Crippen molar-refractivity contribution in [3.8, 4) is 44.5 Å². The van der Waals surface area contributed by atoms with E-state index in [9.17, 15) is 0 Å². The number of thiophene rings is 2. The summed E-state index contributed by atoms with van der Waals surface area (Å²) in [5, 5.41) is 17.0. The van der Waals surface area contributed by atoms with Crippen molar-refractivity contribution in [2.75, 3.05) is 9.80 Å². The molecule has 0 aliphatic heterocycles. The summed E-state index contributed by atoms with van der Waals surface area (Å²) in [7, 11) is 0. The number of hydrogen-bond acceptors (Lipinski definition) is 6. The van der Waals surface area contributed by atoms with Crippen molar-refractivity contribution in [3.05, 3.63) is 328 Å². The first-order valence-corrected chi connectivity index (χ1v) is 34.2. The van der Waals surface area contributed by atoms with Crippen LogP contribution in [0.2, 0.25) is 0 Å². The molecule has 0 aliphatic carbocycles. The van der Waals surface area contributed by atoms with Gasteiger partial charge in [-0.3, -0.25) is 0 Å². The molecule has 16 aromatic carbocycles. The van der Waals surface area contributed by atoms with Crippen molar-refractivity contribution in [1.82, 2.24) is 0 Å². The lowest BCUT2D eigenvalue weighted by Gasteiger charge is -2.26. The molecule has 20 aromatic rings. The zero-order valence-electron chi connectivity index (χ0n) is 51.7. The quantitative estimate of drug-likeness (QED) is 0.137. The summed E-state index contributed by atoms with van der Waals surface area (Å²) in [6, 6.07) is 119. The van der Waals surface area contributed by atoms with Gasteiger partial charge in [0.05, 0.1) is 11.4 Å². The smallest absolute Gasteiger partial charge is 0.159 e. The minimum atomic E-state index is 0.859. The highest BCUT2D eigenvalue weighted by Gasteiger charge is 2.25. The predicted octanol–water partition coefficient (Wildman–Crippen LogP) is 27.3. The lowest BCUT2D eigenvalue weighted by molar-refractivity contribution is 0.669. The standard InChI is InChI=1S/C90H54N2O2S2/c1-3-13-55(14-4-1)58-31-40-69(41-32-58)92(80-24-12-22-78-83-81(94-86(78)80)51-49-75-73-47-37-62-16-9-10-20-71(62)87(73)95-89(75)83)70-42-33-59(34-43-70)57-25-27-60(28-26-57)65-38-46-72-66(54-65)39-48-74-76-50-52-82-84(90(76)96-88(72)74)77-21-11-23-79(85(77)93-82)91(67-18-5-2-6-19-67)68-44-35-61(36-45-68)64-30-29-56-15-7-8-17-63(56)53-64/h1-54H. The number of furan rings is 2. The minimum Gasteiger partial charge on any atom is -0.454 e. The van der Waals surface area contributed by atoms with Crippen LogP contribution in [0.1, 0.15) is 0 Å². The van der Waals surface area contributed by atoms with Crippen LogP contribution in [0.25, 0.3) is 161 Å². The molecule has 0 amide bonds. The maximum Gasteiger partial charge on any atom is 0.159 e. The molecule has 96 heavy (non-hydrogen) atoms. The second-order valence-corrected chi connectivity index (χ2v) is 27.1. The fraction of sp³-hybridized carbons (Fsp3) is 0. The number of rotatable bonds is 10. The van der Waals surface area contributed by atoms with Crippen molar-refractivity contribution < 1.29 is 8.83 Å². The Labute approximate surface area is 560 Å². The van der Waals surface area contributed by atoms with Gasteiger partial charge in [0.1, 0.15) is 11.2 Å². The van der Waals surface area contributed by atoms with Crippen LogP contribution in [0.5, 0.6) is 0 Å². The van der Waals surface area contributed by atoms with Crippen LogP contribution in [0.3, 0.4) is 0 Å². The Morgan fingerprint density at radius 1 is 0.208 bits per heavy atom. The molecule has 4 heterocycles. The van der Waals surface area contributed by atoms with Crippen molar-refractivity contribution in [1.29, 1.82) is 0 Å². The Hall–Kier alpha value is -12.1. The molecule has 0 bridgehead atoms. The van der Waals surface area contributed by atoms with E-state index in [1.165, 1.54) is 106 Å². The summed E-state index contributed by atoms with van der Waals surface area (Å²) in [5.41, 5.74) is 19.0. The Kier molecular flexibility index (Phi) is 12.4. The van der Waals surface area contributed by atoms with Crippen molar-refractivity contribution in [3.63, 3.8) is 0 Å². The monoisotopic (exact) mass is 1260 g/mol. The lowest BCUT2D eigenvalue weighted by atomic mass is 9.97. The first kappa shape index (κ1) is 54.5. The molecule has 0 spiro atoms. The van der Waals surface area contributed by atoms with E-state index in [1.807, 2.05) is 22.7 Å². The van der Waals surface area contributed by atoms with Gasteiger partial charge in [0, 0.05) is 84.6 Å². The summed E-state index contributed by atoms with van der Waals surface area (Å²) >= 11 is 3.74. The highest BCUT2D eigenvalue weighted by atomic mass is 32.1. The number of benzene rings is 16. The van der Waals surface area contributed by atoms with Crippen molar-refractivity contribution >= 4 is 173 Å². The first-order valence-electron chi connectivity index (χ1n) is 32.6. The van der Waals surface area contributed by atoms with Gasteiger partial charge < -0.3 is 18.6 Å². The molecule has 4 aromatic heterocycles. The number of hydrogen-bond donors (Lipinski definition) is 0. The summed E-state index contributed by atoms with van der Waals surface area (Å²) in [4.78, 5) is 4.67. The molecule has 0 aliphatic rings. The van der Waals surface area contributed by atoms with E-state index in [0.717, 1.165) is 89.1 Å². The highest BCUT2D eigenvalue weighted by Crippen LogP contribution is 2.51. The zero-order chi connectivity index (χ0) is 63.0. The van der Waals surface area contributed by atoms with E-state index in [-0.39, 0.29) is 0 Å². The Morgan fingerprint density at radius 2 is 0.552 bits per heavy atom. The van der Waals surface area contributed by atoms with Crippen molar-refractivity contribution in [2.24, 2.45) is 0 Å². The van der Waals surface area contributed by atoms with Crippen molar-refractivity contribution in [2.45, 2.75) is 0 Å². The summed E-state index contributed by atoms with van der Waals surface area (Å²) in [5.74, 6) is 0. The molecule has 4 nitrogen and oxygen atoms in total. The number of nitrogens with zero attached hydrogens (tertiary/aromatic N) is 2. The van der Waals surface area contributed by atoms with Gasteiger partial charge in [0.15, 0.2) is 11.2 Å². The molecule has 448 valence electrons. The molecule has 0 fully saturated rings. The second-order valence-electron chi connectivity index (χ2n) is 25.0. The van der Waals surface area contributed by atoms with E-state index in [2.05, 4.69) is 337 Å². The summed E-state index contributed by atoms with van der Waals surface area (Å²) in [6.45, 7) is 0. The fourth-order valence-corrected chi connectivity index (χ4v) is 17.7. The van der Waals surface area contributed by atoms with E-state index < -0.39 is 0 Å². The maximum absolute atomic E-state index is 7.02. The van der Waals surface area contributed by atoms with Crippen LogP contribution in [0, 0.1) is 0 Å². The Bertz CT molecular complexity index is 6480. The van der Waals surface area contributed by atoms with Gasteiger partial charge in [0.25, 0.3) is 0 Å². The molecule has 6 heteroatoms. The normalized spacial score (nSPS) is 12.0. The number of fused-ring (bicyclic) bond motifs is 19. The second kappa shape index (κ2) is 21.8. The van der Waals surface area contributed by atoms with Crippen LogP contribution < -0.4 is 9.80 Å². The third-order valence-corrected chi connectivity index (χ3v) is 22.2. The van der Waals surface area contributed by atoms with Crippen LogP contribution in [-0.2, 0) is 0 Å². The molecule has 0 atom stereocenters. The molecule has 20 rings (SSSR count). The molecule has 0 unspecified atom stereocenters. The maximum atomic E-state index is 7.02. The summed E-state index contributed by atoms with van der Waals surface area (Å²) < 4.78 is 19.1. The molecule has 0 saturated carbocycles. The van der Waals surface area contributed by atoms with E-state index in [4.69, 9.17) is 8.83 Å². The number of anilines is 6. The van der Waals surface area contributed by atoms with Crippen LogP contribution in [-0.4, -0.2) is 0 Å². The van der Waals surface area contributed by atoms with Gasteiger partial charge in [-0.15, -0.1) is 22.7 Å². The largest absolute Gasteiger partial charge is 0.454 e. The van der Waals surface area contributed by atoms with Gasteiger partial charge in [-0.25, -0.2) is 0 Å². The van der Waals surface area contributed by atoms with Gasteiger partial charge in [0.2, 0.25) is 0 Å². The Morgan fingerprint density at radius 3 is 1.09 bits per heavy atom. The molecular formula is C90H54N2O2S2. The zero-order valence-corrected chi connectivity index (χ0v) is 53.3. The van der Waals surface area contributed by atoms with Gasteiger partial charge in [-0.1, -0.05) is 231 Å². The Balaban J connectivity index is 0.621. The van der Waals surface area contributed by atoms with Gasteiger partial charge in [-0.2, -0.15) is 0 Å². The first-order chi connectivity index (χ1) is 47.6. The van der Waals surface area contributed by atoms with Crippen LogP contribution >= 0.6 is 22.7 Å². The average molecular weight is 1260 g/mol. The van der Waals surface area contributed by atoms with Gasteiger partial charge in [-0.05, 0) is 174 Å². The highest BCUT2D eigenvalue weighted by molar-refractivity contribution is 7.28. The average Bonchev–Trinajstić information content (AvgIpc) is 1.58. The SMILES string of the molecule is c1ccc(-c2ccc(N(c3ccc(-c4ccc(-c5ccc6c(ccc7c8ccc9oc%10c(N(c%11ccccc%11)c%11ccc(-c%12ccc%13ccccc%13c%12)cc%11)cccc%10c9c8sc67)c5)cc4)cc3)c3cccc4c3oc3ccc5c6ccc7ccccc7c6sc5c34)cc2)cc1. The van der Waals surface area contributed by atoms with Crippen LogP contribution in [0.15, 0.2) is 336 Å². The van der Waals surface area contributed by atoms with E-state index in [0.29, 0.717) is 0 Å². The molecule has 0 saturated heterocycles. The topological polar surface area (TPSA) is 32.8 Å². The third kappa shape index (κ3) is 8.73. The fourth-order valence-electron chi connectivity index (χ4n) is 14.9. The van der Waals surface area contributed by atoms with E-state index >= 15 is 0 Å². The molecular weight excluding hydrogens is 1210 g/mol. The molecule has 0 radical (unpaired) electrons. The predicted molar refractivity (Wildman–Crippen MR) is 410 cm³/mol. The molecule has 0 N–H and O–H groups in total. The number of para-hydroxylation sites is 3. The van der Waals surface area contributed by atoms with E-state index in [1.54, 1.807) is 0 Å². The van der Waals surface area contributed by atoms with Gasteiger partial charge >= 0.3 is 0 Å². The summed E-state index contributed by atoms with van der Waals surface area (Å²) in [6.07, 6.45) is 0.